The highest BCUT2D eigenvalue weighted by Crippen LogP contribution is 2.24. The first-order valence-electron chi connectivity index (χ1n) is 6.95. The summed E-state index contributed by atoms with van der Waals surface area (Å²) in [6.07, 6.45) is 3.04. The fourth-order valence-corrected chi connectivity index (χ4v) is 2.98. The van der Waals surface area contributed by atoms with E-state index < -0.39 is 18.0 Å². The van der Waals surface area contributed by atoms with Crippen LogP contribution in [0.1, 0.15) is 32.6 Å². The van der Waals surface area contributed by atoms with E-state index in [2.05, 4.69) is 5.32 Å². The standard InChI is InChI=1S/C13H22N2O4/c1-8-6-15(7-9(8)12(17)18)13(19)14-10-4-2-3-5-11(10)16/h8-11,16H,2-7H2,1H3,(H,14,19)(H,17,18)/t8-,9-,10?,11?/m1/s1. The Morgan fingerprint density at radius 1 is 1.21 bits per heavy atom. The van der Waals surface area contributed by atoms with E-state index in [-0.39, 0.29) is 24.5 Å². The van der Waals surface area contributed by atoms with Crippen molar-refractivity contribution in [3.63, 3.8) is 0 Å². The van der Waals surface area contributed by atoms with E-state index in [9.17, 15) is 14.7 Å². The number of aliphatic carboxylic acids is 1. The van der Waals surface area contributed by atoms with Gasteiger partial charge in [-0.3, -0.25) is 4.79 Å². The zero-order chi connectivity index (χ0) is 14.0. The number of carboxylic acid groups (broad SMARTS) is 1. The Labute approximate surface area is 112 Å². The summed E-state index contributed by atoms with van der Waals surface area (Å²) in [6.45, 7) is 2.57. The summed E-state index contributed by atoms with van der Waals surface area (Å²) in [6, 6.07) is -0.443. The zero-order valence-corrected chi connectivity index (χ0v) is 11.2. The molecule has 1 saturated heterocycles. The SMILES string of the molecule is C[C@@H]1CN(C(=O)NC2CCCCC2O)C[C@H]1C(=O)O. The lowest BCUT2D eigenvalue weighted by Gasteiger charge is -2.30. The normalized spacial score (nSPS) is 35.2. The molecule has 3 N–H and O–H groups in total. The maximum Gasteiger partial charge on any atom is 0.317 e. The summed E-state index contributed by atoms with van der Waals surface area (Å²) in [5.74, 6) is -1.36. The summed E-state index contributed by atoms with van der Waals surface area (Å²) in [4.78, 5) is 24.7. The van der Waals surface area contributed by atoms with Gasteiger partial charge < -0.3 is 20.4 Å². The van der Waals surface area contributed by atoms with Crippen molar-refractivity contribution < 1.29 is 19.8 Å². The van der Waals surface area contributed by atoms with Gasteiger partial charge in [0, 0.05) is 13.1 Å². The molecule has 1 saturated carbocycles. The van der Waals surface area contributed by atoms with Crippen LogP contribution >= 0.6 is 0 Å². The number of amides is 2. The van der Waals surface area contributed by atoms with Gasteiger partial charge in [0.25, 0.3) is 0 Å². The second-order valence-electron chi connectivity index (χ2n) is 5.73. The van der Waals surface area contributed by atoms with Gasteiger partial charge in [0.1, 0.15) is 0 Å². The minimum Gasteiger partial charge on any atom is -0.481 e. The second-order valence-corrected chi connectivity index (χ2v) is 5.73. The molecule has 1 heterocycles. The van der Waals surface area contributed by atoms with Crippen LogP contribution in [-0.4, -0.2) is 52.3 Å². The van der Waals surface area contributed by atoms with Crippen molar-refractivity contribution in [1.82, 2.24) is 10.2 Å². The van der Waals surface area contributed by atoms with Crippen LogP contribution in [0.3, 0.4) is 0 Å². The van der Waals surface area contributed by atoms with Crippen LogP contribution < -0.4 is 5.32 Å². The van der Waals surface area contributed by atoms with E-state index in [1.165, 1.54) is 0 Å². The minimum absolute atomic E-state index is 0.0282. The van der Waals surface area contributed by atoms with Crippen LogP contribution in [0.2, 0.25) is 0 Å². The molecule has 1 aliphatic heterocycles. The van der Waals surface area contributed by atoms with Crippen LogP contribution in [0.5, 0.6) is 0 Å². The number of urea groups is 1. The van der Waals surface area contributed by atoms with E-state index in [1.54, 1.807) is 4.90 Å². The topological polar surface area (TPSA) is 89.9 Å². The number of carbonyl (C=O) groups excluding carboxylic acids is 1. The molecule has 4 atom stereocenters. The molecule has 6 heteroatoms. The van der Waals surface area contributed by atoms with Gasteiger partial charge in [0.2, 0.25) is 0 Å². The summed E-state index contributed by atoms with van der Waals surface area (Å²) < 4.78 is 0. The minimum atomic E-state index is -0.847. The molecule has 2 amide bonds. The van der Waals surface area contributed by atoms with Gasteiger partial charge in [-0.05, 0) is 18.8 Å². The van der Waals surface area contributed by atoms with E-state index in [1.807, 2.05) is 6.92 Å². The van der Waals surface area contributed by atoms with Gasteiger partial charge >= 0.3 is 12.0 Å². The van der Waals surface area contributed by atoms with Crippen molar-refractivity contribution in [2.75, 3.05) is 13.1 Å². The van der Waals surface area contributed by atoms with Crippen molar-refractivity contribution in [2.45, 2.75) is 44.8 Å². The zero-order valence-electron chi connectivity index (χ0n) is 11.2. The number of likely N-dealkylation sites (tertiary alicyclic amines) is 1. The predicted molar refractivity (Wildman–Crippen MR) is 68.7 cm³/mol. The van der Waals surface area contributed by atoms with Gasteiger partial charge in [0.15, 0.2) is 0 Å². The van der Waals surface area contributed by atoms with Gasteiger partial charge in [-0.15, -0.1) is 0 Å². The average Bonchev–Trinajstić information content (AvgIpc) is 2.74. The molecule has 2 rings (SSSR count). The van der Waals surface area contributed by atoms with Gasteiger partial charge in [0.05, 0.1) is 18.1 Å². The second kappa shape index (κ2) is 5.77. The van der Waals surface area contributed by atoms with E-state index in [0.717, 1.165) is 25.7 Å². The Hall–Kier alpha value is -1.30. The monoisotopic (exact) mass is 270 g/mol. The summed E-state index contributed by atoms with van der Waals surface area (Å²) >= 11 is 0. The van der Waals surface area contributed by atoms with Crippen LogP contribution in [0.25, 0.3) is 0 Å². The quantitative estimate of drug-likeness (QED) is 0.687. The Balaban J connectivity index is 1.88. The highest BCUT2D eigenvalue weighted by Gasteiger charge is 2.38. The molecule has 0 aromatic carbocycles. The molecular weight excluding hydrogens is 248 g/mol. The number of aliphatic hydroxyl groups excluding tert-OH is 1. The van der Waals surface area contributed by atoms with Crippen molar-refractivity contribution in [2.24, 2.45) is 11.8 Å². The number of nitrogens with one attached hydrogen (secondary N) is 1. The lowest BCUT2D eigenvalue weighted by molar-refractivity contribution is -0.142. The first-order valence-corrected chi connectivity index (χ1v) is 6.95. The lowest BCUT2D eigenvalue weighted by Crippen LogP contribution is -2.50. The van der Waals surface area contributed by atoms with Crippen LogP contribution in [0.15, 0.2) is 0 Å². The third-order valence-corrected chi connectivity index (χ3v) is 4.26. The van der Waals surface area contributed by atoms with E-state index in [0.29, 0.717) is 6.54 Å². The smallest absolute Gasteiger partial charge is 0.317 e. The number of carbonyl (C=O) groups is 2. The van der Waals surface area contributed by atoms with Gasteiger partial charge in [-0.1, -0.05) is 19.8 Å². The highest BCUT2D eigenvalue weighted by molar-refractivity contribution is 5.77. The fraction of sp³-hybridized carbons (Fsp3) is 0.846. The Bertz CT molecular complexity index is 361. The molecule has 0 aromatic rings. The number of hydrogen-bond donors (Lipinski definition) is 3. The fourth-order valence-electron chi connectivity index (χ4n) is 2.98. The molecule has 0 bridgehead atoms. The molecule has 19 heavy (non-hydrogen) atoms. The molecule has 108 valence electrons. The number of hydrogen-bond acceptors (Lipinski definition) is 3. The average molecular weight is 270 g/mol. The number of carboxylic acids is 1. The Morgan fingerprint density at radius 3 is 2.47 bits per heavy atom. The number of nitrogens with zero attached hydrogens (tertiary/aromatic N) is 1. The molecular formula is C13H22N2O4. The molecule has 6 nitrogen and oxygen atoms in total. The van der Waals surface area contributed by atoms with Crippen molar-refractivity contribution in [3.8, 4) is 0 Å². The summed E-state index contributed by atoms with van der Waals surface area (Å²) in [7, 11) is 0. The predicted octanol–water partition coefficient (Wildman–Crippen LogP) is 0.652. The first kappa shape index (κ1) is 14.1. The van der Waals surface area contributed by atoms with Crippen LogP contribution in [0, 0.1) is 11.8 Å². The molecule has 2 aliphatic rings. The molecule has 2 unspecified atom stereocenters. The number of rotatable bonds is 2. The highest BCUT2D eigenvalue weighted by atomic mass is 16.4. The third kappa shape index (κ3) is 3.18. The Kier molecular flexibility index (Phi) is 4.29. The maximum absolute atomic E-state index is 12.1. The Morgan fingerprint density at radius 2 is 1.89 bits per heavy atom. The largest absolute Gasteiger partial charge is 0.481 e. The molecule has 0 spiro atoms. The van der Waals surface area contributed by atoms with Crippen LogP contribution in [0.4, 0.5) is 4.79 Å². The van der Waals surface area contributed by atoms with Crippen molar-refractivity contribution in [1.29, 1.82) is 0 Å². The third-order valence-electron chi connectivity index (χ3n) is 4.26. The van der Waals surface area contributed by atoms with Crippen LogP contribution in [-0.2, 0) is 4.79 Å². The van der Waals surface area contributed by atoms with Gasteiger partial charge in [-0.2, -0.15) is 0 Å². The van der Waals surface area contributed by atoms with E-state index in [4.69, 9.17) is 5.11 Å². The first-order chi connectivity index (χ1) is 8.99. The molecule has 0 radical (unpaired) electrons. The molecule has 1 aliphatic carbocycles. The summed E-state index contributed by atoms with van der Waals surface area (Å²) in [5, 5.41) is 21.7. The van der Waals surface area contributed by atoms with E-state index >= 15 is 0 Å². The maximum atomic E-state index is 12.1. The molecule has 2 fully saturated rings. The number of aliphatic hydroxyl groups is 1. The molecule has 0 aromatic heterocycles. The van der Waals surface area contributed by atoms with Gasteiger partial charge in [-0.25, -0.2) is 4.79 Å². The lowest BCUT2D eigenvalue weighted by atomic mass is 9.93. The van der Waals surface area contributed by atoms with Crippen molar-refractivity contribution >= 4 is 12.0 Å². The van der Waals surface area contributed by atoms with Crippen molar-refractivity contribution in [3.05, 3.63) is 0 Å². The summed E-state index contributed by atoms with van der Waals surface area (Å²) in [5.41, 5.74) is 0.